The topological polar surface area (TPSA) is 29.5 Å². The minimum Gasteiger partial charge on any atom is -0.388 e. The van der Waals surface area contributed by atoms with Gasteiger partial charge in [0.15, 0.2) is 0 Å². The molecule has 0 fully saturated rings. The average Bonchev–Trinajstić information content (AvgIpc) is 2.50. The summed E-state index contributed by atoms with van der Waals surface area (Å²) in [6.45, 7) is 2.55. The van der Waals surface area contributed by atoms with Crippen molar-refractivity contribution in [2.75, 3.05) is 6.61 Å². The molecule has 21 heavy (non-hydrogen) atoms. The highest BCUT2D eigenvalue weighted by atomic mass is 19.1. The van der Waals surface area contributed by atoms with E-state index in [4.69, 9.17) is 4.74 Å². The summed E-state index contributed by atoms with van der Waals surface area (Å²) in [7, 11) is 0. The van der Waals surface area contributed by atoms with Gasteiger partial charge in [0.25, 0.3) is 0 Å². The zero-order valence-corrected chi connectivity index (χ0v) is 12.1. The Morgan fingerprint density at radius 1 is 1.29 bits per heavy atom. The van der Waals surface area contributed by atoms with Crippen molar-refractivity contribution in [2.24, 2.45) is 0 Å². The van der Waals surface area contributed by atoms with Crippen LogP contribution >= 0.6 is 0 Å². The van der Waals surface area contributed by atoms with Gasteiger partial charge in [0.2, 0.25) is 0 Å². The highest BCUT2D eigenvalue weighted by molar-refractivity contribution is 5.33. The predicted octanol–water partition coefficient (Wildman–Crippen LogP) is 3.87. The van der Waals surface area contributed by atoms with E-state index in [1.807, 2.05) is 25.1 Å². The average molecular weight is 286 g/mol. The smallest absolute Gasteiger partial charge is 0.123 e. The number of benzene rings is 2. The van der Waals surface area contributed by atoms with Crippen LogP contribution in [0.15, 0.2) is 42.5 Å². The molecule has 2 unspecified atom stereocenters. The molecule has 2 aromatic carbocycles. The van der Waals surface area contributed by atoms with E-state index in [1.54, 1.807) is 6.07 Å². The van der Waals surface area contributed by atoms with E-state index in [1.165, 1.54) is 17.7 Å². The molecule has 0 aromatic heterocycles. The number of hydrogen-bond acceptors (Lipinski definition) is 2. The van der Waals surface area contributed by atoms with E-state index in [0.29, 0.717) is 18.6 Å². The normalized spacial score (nSPS) is 19.1. The first-order chi connectivity index (χ1) is 10.1. The van der Waals surface area contributed by atoms with Crippen molar-refractivity contribution >= 4 is 0 Å². The fourth-order valence-corrected chi connectivity index (χ4v) is 2.97. The first kappa shape index (κ1) is 14.2. The monoisotopic (exact) mass is 286 g/mol. The van der Waals surface area contributed by atoms with Crippen molar-refractivity contribution in [1.29, 1.82) is 0 Å². The van der Waals surface area contributed by atoms with Gasteiger partial charge < -0.3 is 9.84 Å². The van der Waals surface area contributed by atoms with Gasteiger partial charge in [0.1, 0.15) is 5.82 Å². The zero-order valence-electron chi connectivity index (χ0n) is 12.1. The summed E-state index contributed by atoms with van der Waals surface area (Å²) in [6.07, 6.45) is 0.493. The summed E-state index contributed by atoms with van der Waals surface area (Å²) in [5.74, 6) is -0.320. The quantitative estimate of drug-likeness (QED) is 0.928. The summed E-state index contributed by atoms with van der Waals surface area (Å²) < 4.78 is 19.2. The van der Waals surface area contributed by atoms with Crippen LogP contribution in [0.1, 0.15) is 40.9 Å². The Morgan fingerprint density at radius 3 is 2.95 bits per heavy atom. The summed E-state index contributed by atoms with van der Waals surface area (Å²) >= 11 is 0. The standard InChI is InChI=1S/C18H19FO2/c1-12-6-7-14(19)10-16(12)17(20)11-18-15-5-3-2-4-13(15)8-9-21-18/h2-7,10,17-18,20H,8-9,11H2,1H3. The minimum absolute atomic E-state index is 0.132. The van der Waals surface area contributed by atoms with Gasteiger partial charge in [-0.2, -0.15) is 0 Å². The lowest BCUT2D eigenvalue weighted by Gasteiger charge is -2.28. The van der Waals surface area contributed by atoms with Gasteiger partial charge in [0, 0.05) is 6.42 Å². The number of hydrogen-bond donors (Lipinski definition) is 1. The third-order valence-electron chi connectivity index (χ3n) is 4.13. The van der Waals surface area contributed by atoms with Crippen LogP contribution < -0.4 is 0 Å². The first-order valence-electron chi connectivity index (χ1n) is 7.28. The SMILES string of the molecule is Cc1ccc(F)cc1C(O)CC1OCCc2ccccc21. The number of fused-ring (bicyclic) bond motifs is 1. The van der Waals surface area contributed by atoms with Crippen LogP contribution in [0.3, 0.4) is 0 Å². The summed E-state index contributed by atoms with van der Waals surface area (Å²) in [4.78, 5) is 0. The Morgan fingerprint density at radius 2 is 2.10 bits per heavy atom. The first-order valence-corrected chi connectivity index (χ1v) is 7.28. The van der Waals surface area contributed by atoms with Crippen molar-refractivity contribution in [3.05, 3.63) is 70.5 Å². The lowest BCUT2D eigenvalue weighted by Crippen LogP contribution is -2.18. The third-order valence-corrected chi connectivity index (χ3v) is 4.13. The molecule has 0 saturated carbocycles. The lowest BCUT2D eigenvalue weighted by atomic mass is 9.91. The van der Waals surface area contributed by atoms with E-state index in [2.05, 4.69) is 6.07 Å². The molecule has 1 N–H and O–H groups in total. The molecule has 1 aliphatic rings. The van der Waals surface area contributed by atoms with Crippen LogP contribution in [-0.2, 0) is 11.2 Å². The van der Waals surface area contributed by atoms with Gasteiger partial charge in [-0.15, -0.1) is 0 Å². The van der Waals surface area contributed by atoms with Crippen LogP contribution in [0.2, 0.25) is 0 Å². The number of aliphatic hydroxyl groups excluding tert-OH is 1. The molecule has 3 heteroatoms. The molecule has 2 atom stereocenters. The van der Waals surface area contributed by atoms with E-state index in [0.717, 1.165) is 17.5 Å². The number of aryl methyl sites for hydroxylation is 1. The molecule has 1 heterocycles. The molecule has 0 radical (unpaired) electrons. The maximum Gasteiger partial charge on any atom is 0.123 e. The Hall–Kier alpha value is -1.71. The van der Waals surface area contributed by atoms with E-state index >= 15 is 0 Å². The molecule has 2 nitrogen and oxygen atoms in total. The van der Waals surface area contributed by atoms with Gasteiger partial charge in [-0.25, -0.2) is 4.39 Å². The fraction of sp³-hybridized carbons (Fsp3) is 0.333. The van der Waals surface area contributed by atoms with Crippen molar-refractivity contribution in [3.63, 3.8) is 0 Å². The Kier molecular flexibility index (Phi) is 4.04. The van der Waals surface area contributed by atoms with Crippen molar-refractivity contribution in [1.82, 2.24) is 0 Å². The Labute approximate surface area is 124 Å². The van der Waals surface area contributed by atoms with Crippen molar-refractivity contribution < 1.29 is 14.2 Å². The van der Waals surface area contributed by atoms with E-state index in [-0.39, 0.29) is 11.9 Å². The van der Waals surface area contributed by atoms with Gasteiger partial charge in [-0.3, -0.25) is 0 Å². The van der Waals surface area contributed by atoms with Gasteiger partial charge >= 0.3 is 0 Å². The van der Waals surface area contributed by atoms with E-state index < -0.39 is 6.10 Å². The second-order valence-corrected chi connectivity index (χ2v) is 5.56. The molecule has 0 aliphatic carbocycles. The largest absolute Gasteiger partial charge is 0.388 e. The summed E-state index contributed by atoms with van der Waals surface area (Å²) in [6, 6.07) is 12.7. The van der Waals surface area contributed by atoms with Crippen LogP contribution in [0.4, 0.5) is 4.39 Å². The van der Waals surface area contributed by atoms with Crippen LogP contribution in [0.5, 0.6) is 0 Å². The molecule has 3 rings (SSSR count). The molecule has 0 spiro atoms. The second kappa shape index (κ2) is 5.96. The number of rotatable bonds is 3. The second-order valence-electron chi connectivity index (χ2n) is 5.56. The van der Waals surface area contributed by atoms with Crippen molar-refractivity contribution in [2.45, 2.75) is 32.0 Å². The van der Waals surface area contributed by atoms with Crippen LogP contribution in [-0.4, -0.2) is 11.7 Å². The lowest BCUT2D eigenvalue weighted by molar-refractivity contribution is 0.00358. The molecule has 1 aliphatic heterocycles. The van der Waals surface area contributed by atoms with Gasteiger partial charge in [-0.1, -0.05) is 30.3 Å². The van der Waals surface area contributed by atoms with Gasteiger partial charge in [0.05, 0.1) is 18.8 Å². The number of ether oxygens (including phenoxy) is 1. The zero-order chi connectivity index (χ0) is 14.8. The summed E-state index contributed by atoms with van der Waals surface area (Å²) in [5, 5.41) is 10.5. The molecular weight excluding hydrogens is 267 g/mol. The molecule has 0 bridgehead atoms. The highest BCUT2D eigenvalue weighted by Gasteiger charge is 2.24. The minimum atomic E-state index is -0.725. The maximum atomic E-state index is 13.4. The van der Waals surface area contributed by atoms with Crippen LogP contribution in [0, 0.1) is 12.7 Å². The highest BCUT2D eigenvalue weighted by Crippen LogP contribution is 2.35. The molecule has 0 saturated heterocycles. The number of aliphatic hydroxyl groups is 1. The van der Waals surface area contributed by atoms with Gasteiger partial charge in [-0.05, 0) is 47.7 Å². The number of halogens is 1. The molecular formula is C18H19FO2. The maximum absolute atomic E-state index is 13.4. The van der Waals surface area contributed by atoms with Crippen molar-refractivity contribution in [3.8, 4) is 0 Å². The predicted molar refractivity (Wildman–Crippen MR) is 79.6 cm³/mol. The summed E-state index contributed by atoms with van der Waals surface area (Å²) in [5.41, 5.74) is 3.95. The molecule has 2 aromatic rings. The van der Waals surface area contributed by atoms with Crippen LogP contribution in [0.25, 0.3) is 0 Å². The third kappa shape index (κ3) is 2.99. The molecule has 0 amide bonds. The Bertz CT molecular complexity index is 639. The Balaban J connectivity index is 1.82. The van der Waals surface area contributed by atoms with E-state index in [9.17, 15) is 9.50 Å². The molecule has 110 valence electrons. The fourth-order valence-electron chi connectivity index (χ4n) is 2.97.